The second-order valence-corrected chi connectivity index (χ2v) is 5.76. The fourth-order valence-electron chi connectivity index (χ4n) is 2.24. The first-order chi connectivity index (χ1) is 9.07. The molecule has 0 radical (unpaired) electrons. The van der Waals surface area contributed by atoms with E-state index in [0.717, 1.165) is 36.3 Å². The van der Waals surface area contributed by atoms with Crippen molar-refractivity contribution in [1.29, 1.82) is 0 Å². The molecule has 0 saturated carbocycles. The van der Waals surface area contributed by atoms with Crippen LogP contribution in [0, 0.1) is 5.41 Å². The maximum Gasteiger partial charge on any atom is 0.139 e. The van der Waals surface area contributed by atoms with Gasteiger partial charge in [-0.05, 0) is 30.5 Å². The summed E-state index contributed by atoms with van der Waals surface area (Å²) in [5.74, 6) is 0.995. The maximum atomic E-state index is 5.86. The number of pyridine rings is 1. The molecule has 19 heavy (non-hydrogen) atoms. The monoisotopic (exact) mass is 261 g/mol. The van der Waals surface area contributed by atoms with Crippen LogP contribution in [-0.4, -0.2) is 24.6 Å². The molecule has 0 aliphatic heterocycles. The van der Waals surface area contributed by atoms with Gasteiger partial charge in [0.2, 0.25) is 0 Å². The molecular weight excluding hydrogens is 238 g/mol. The van der Waals surface area contributed by atoms with Gasteiger partial charge in [0.15, 0.2) is 0 Å². The maximum absolute atomic E-state index is 5.86. The van der Waals surface area contributed by atoms with E-state index < -0.39 is 0 Å². The zero-order valence-electron chi connectivity index (χ0n) is 12.0. The summed E-state index contributed by atoms with van der Waals surface area (Å²) in [6.45, 7) is 9.08. The highest BCUT2D eigenvalue weighted by Gasteiger charge is 2.22. The van der Waals surface area contributed by atoms with Gasteiger partial charge in [0.25, 0.3) is 0 Å². The van der Waals surface area contributed by atoms with Crippen molar-refractivity contribution in [2.45, 2.75) is 27.2 Å². The molecule has 0 aliphatic carbocycles. The van der Waals surface area contributed by atoms with Crippen molar-refractivity contribution in [3.8, 4) is 0 Å². The van der Waals surface area contributed by atoms with Crippen molar-refractivity contribution < 1.29 is 4.42 Å². The standard InChI is InChI=1S/C15H23N3O/c1-4-8-18(11-15(2,3)10-16)14-12-6-9-19-13(12)5-7-17-14/h5-7,9H,4,8,10-11,16H2,1-3H3. The Balaban J connectivity index is 2.35. The summed E-state index contributed by atoms with van der Waals surface area (Å²) >= 11 is 0. The smallest absolute Gasteiger partial charge is 0.139 e. The molecule has 0 spiro atoms. The van der Waals surface area contributed by atoms with E-state index in [-0.39, 0.29) is 5.41 Å². The van der Waals surface area contributed by atoms with E-state index in [0.29, 0.717) is 6.54 Å². The molecule has 0 fully saturated rings. The highest BCUT2D eigenvalue weighted by atomic mass is 16.3. The molecule has 2 aromatic rings. The third-order valence-corrected chi connectivity index (χ3v) is 3.32. The molecule has 2 heterocycles. The van der Waals surface area contributed by atoms with Crippen molar-refractivity contribution in [1.82, 2.24) is 4.98 Å². The molecule has 2 N–H and O–H groups in total. The van der Waals surface area contributed by atoms with Crippen LogP contribution in [-0.2, 0) is 0 Å². The molecule has 0 unspecified atom stereocenters. The van der Waals surface area contributed by atoms with Gasteiger partial charge in [-0.3, -0.25) is 0 Å². The van der Waals surface area contributed by atoms with Crippen LogP contribution in [0.3, 0.4) is 0 Å². The molecule has 2 aromatic heterocycles. The minimum absolute atomic E-state index is 0.0722. The van der Waals surface area contributed by atoms with Crippen LogP contribution in [0.4, 0.5) is 5.82 Å². The third-order valence-electron chi connectivity index (χ3n) is 3.32. The van der Waals surface area contributed by atoms with Crippen molar-refractivity contribution in [3.05, 3.63) is 24.6 Å². The molecular formula is C15H23N3O. The van der Waals surface area contributed by atoms with Gasteiger partial charge < -0.3 is 15.1 Å². The van der Waals surface area contributed by atoms with Crippen LogP contribution < -0.4 is 10.6 Å². The van der Waals surface area contributed by atoms with E-state index >= 15 is 0 Å². The van der Waals surface area contributed by atoms with E-state index in [1.807, 2.05) is 12.1 Å². The van der Waals surface area contributed by atoms with E-state index in [2.05, 4.69) is 30.7 Å². The number of rotatable bonds is 6. The molecule has 0 aliphatic rings. The first kappa shape index (κ1) is 13.9. The summed E-state index contributed by atoms with van der Waals surface area (Å²) in [4.78, 5) is 6.85. The SMILES string of the molecule is CCCN(CC(C)(C)CN)c1nccc2occc12. The summed E-state index contributed by atoms with van der Waals surface area (Å²) in [7, 11) is 0. The lowest BCUT2D eigenvalue weighted by atomic mass is 9.93. The van der Waals surface area contributed by atoms with Gasteiger partial charge in [-0.15, -0.1) is 0 Å². The highest BCUT2D eigenvalue weighted by molar-refractivity contribution is 5.88. The van der Waals surface area contributed by atoms with Crippen LogP contribution in [0.15, 0.2) is 29.0 Å². The van der Waals surface area contributed by atoms with Crippen LogP contribution in [0.5, 0.6) is 0 Å². The minimum Gasteiger partial charge on any atom is -0.464 e. The molecule has 0 amide bonds. The Hall–Kier alpha value is -1.55. The number of hydrogen-bond acceptors (Lipinski definition) is 4. The lowest BCUT2D eigenvalue weighted by Gasteiger charge is -2.32. The Morgan fingerprint density at radius 2 is 2.16 bits per heavy atom. The molecule has 0 bridgehead atoms. The topological polar surface area (TPSA) is 55.3 Å². The number of nitrogens with two attached hydrogens (primary N) is 1. The van der Waals surface area contributed by atoms with Crippen LogP contribution in [0.2, 0.25) is 0 Å². The highest BCUT2D eigenvalue weighted by Crippen LogP contribution is 2.28. The molecule has 4 heteroatoms. The average molecular weight is 261 g/mol. The first-order valence-electron chi connectivity index (χ1n) is 6.84. The summed E-state index contributed by atoms with van der Waals surface area (Å²) < 4.78 is 5.45. The number of anilines is 1. The predicted octanol–water partition coefficient (Wildman–Crippen LogP) is 3.03. The van der Waals surface area contributed by atoms with Crippen molar-refractivity contribution in [2.24, 2.45) is 11.1 Å². The Bertz CT molecular complexity index is 533. The Kier molecular flexibility index (Phi) is 4.10. The molecule has 0 atom stereocenters. The van der Waals surface area contributed by atoms with Gasteiger partial charge >= 0.3 is 0 Å². The van der Waals surface area contributed by atoms with Gasteiger partial charge in [0, 0.05) is 19.3 Å². The van der Waals surface area contributed by atoms with Gasteiger partial charge in [0.05, 0.1) is 11.6 Å². The lowest BCUT2D eigenvalue weighted by molar-refractivity contribution is 0.377. The van der Waals surface area contributed by atoms with Crippen molar-refractivity contribution in [3.63, 3.8) is 0 Å². The summed E-state index contributed by atoms with van der Waals surface area (Å²) in [6, 6.07) is 3.88. The summed E-state index contributed by atoms with van der Waals surface area (Å²) in [6.07, 6.45) is 4.60. The predicted molar refractivity (Wildman–Crippen MR) is 79.3 cm³/mol. The molecule has 2 rings (SSSR count). The minimum atomic E-state index is 0.0722. The Morgan fingerprint density at radius 3 is 2.84 bits per heavy atom. The number of fused-ring (bicyclic) bond motifs is 1. The van der Waals surface area contributed by atoms with Gasteiger partial charge in [-0.1, -0.05) is 20.8 Å². The number of furan rings is 1. The summed E-state index contributed by atoms with van der Waals surface area (Å²) in [5.41, 5.74) is 6.81. The number of aromatic nitrogens is 1. The van der Waals surface area contributed by atoms with Crippen LogP contribution >= 0.6 is 0 Å². The largest absolute Gasteiger partial charge is 0.464 e. The molecule has 4 nitrogen and oxygen atoms in total. The zero-order chi connectivity index (χ0) is 13.9. The fraction of sp³-hybridized carbons (Fsp3) is 0.533. The lowest BCUT2D eigenvalue weighted by Crippen LogP contribution is -2.39. The van der Waals surface area contributed by atoms with Gasteiger partial charge in [0.1, 0.15) is 11.4 Å². The van der Waals surface area contributed by atoms with E-state index in [4.69, 9.17) is 10.2 Å². The fourth-order valence-corrected chi connectivity index (χ4v) is 2.24. The Morgan fingerprint density at radius 1 is 1.37 bits per heavy atom. The van der Waals surface area contributed by atoms with Crippen LogP contribution in [0.1, 0.15) is 27.2 Å². The van der Waals surface area contributed by atoms with Crippen molar-refractivity contribution in [2.75, 3.05) is 24.5 Å². The normalized spacial score (nSPS) is 12.0. The molecule has 0 saturated heterocycles. The quantitative estimate of drug-likeness (QED) is 0.868. The summed E-state index contributed by atoms with van der Waals surface area (Å²) in [5, 5.41) is 1.07. The van der Waals surface area contributed by atoms with Crippen LogP contribution in [0.25, 0.3) is 11.0 Å². The van der Waals surface area contributed by atoms with Crippen molar-refractivity contribution >= 4 is 16.8 Å². The average Bonchev–Trinajstić information content (AvgIpc) is 2.86. The third kappa shape index (κ3) is 3.07. The Labute approximate surface area is 114 Å². The van der Waals surface area contributed by atoms with Gasteiger partial charge in [-0.25, -0.2) is 4.98 Å². The second-order valence-electron chi connectivity index (χ2n) is 5.76. The number of hydrogen-bond donors (Lipinski definition) is 1. The second kappa shape index (κ2) is 5.61. The van der Waals surface area contributed by atoms with Gasteiger partial charge in [-0.2, -0.15) is 0 Å². The number of nitrogens with zero attached hydrogens (tertiary/aromatic N) is 2. The van der Waals surface area contributed by atoms with E-state index in [1.54, 1.807) is 12.5 Å². The zero-order valence-corrected chi connectivity index (χ0v) is 12.0. The molecule has 0 aromatic carbocycles. The van der Waals surface area contributed by atoms with E-state index in [1.165, 1.54) is 0 Å². The van der Waals surface area contributed by atoms with E-state index in [9.17, 15) is 0 Å². The molecule has 104 valence electrons. The first-order valence-corrected chi connectivity index (χ1v) is 6.84.